The number of likely N-dealkylation sites (tertiary alicyclic amines) is 2. The summed E-state index contributed by atoms with van der Waals surface area (Å²) < 4.78 is 11.1. The summed E-state index contributed by atoms with van der Waals surface area (Å²) in [6.07, 6.45) is 2.74. The Labute approximate surface area is 205 Å². The van der Waals surface area contributed by atoms with Crippen LogP contribution in [0.3, 0.4) is 0 Å². The monoisotopic (exact) mass is 498 g/mol. The maximum absolute atomic E-state index is 13.0. The third-order valence-electron chi connectivity index (χ3n) is 6.48. The molecule has 0 spiro atoms. The summed E-state index contributed by atoms with van der Waals surface area (Å²) in [6, 6.07) is 3.00. The molecule has 2 heterocycles. The molecule has 1 aromatic carbocycles. The number of anilines is 1. The first-order chi connectivity index (χ1) is 15.9. The first-order valence-corrected chi connectivity index (χ1v) is 12.8. The van der Waals surface area contributed by atoms with E-state index < -0.39 is 0 Å². The van der Waals surface area contributed by atoms with E-state index in [2.05, 4.69) is 10.2 Å². The number of halogens is 1. The lowest BCUT2D eigenvalue weighted by atomic mass is 9.94. The third kappa shape index (κ3) is 6.68. The molecule has 1 aromatic rings. The van der Waals surface area contributed by atoms with Crippen LogP contribution in [-0.4, -0.2) is 85.8 Å². The molecule has 2 saturated heterocycles. The number of nitrogens with two attached hydrogens (primary N) is 1. The predicted molar refractivity (Wildman–Crippen MR) is 133 cm³/mol. The minimum Gasteiger partial charge on any atom is -0.496 e. The van der Waals surface area contributed by atoms with Gasteiger partial charge in [0, 0.05) is 45.9 Å². The Morgan fingerprint density at radius 3 is 2.58 bits per heavy atom. The van der Waals surface area contributed by atoms with Crippen LogP contribution in [0.15, 0.2) is 12.1 Å². The summed E-state index contributed by atoms with van der Waals surface area (Å²) >= 11 is 7.51. The molecule has 0 bridgehead atoms. The molecule has 184 valence electrons. The van der Waals surface area contributed by atoms with Gasteiger partial charge in [-0.2, -0.15) is 0 Å². The molecule has 2 atom stereocenters. The highest BCUT2D eigenvalue weighted by Crippen LogP contribution is 2.29. The van der Waals surface area contributed by atoms with Crippen LogP contribution < -0.4 is 15.8 Å². The van der Waals surface area contributed by atoms with Gasteiger partial charge in [0.1, 0.15) is 5.75 Å². The SMILES string of the molecule is CCSC(=O)N1CCC(CN2CC[C@@H](NC(=O)c3cc(Cl)c(N)cc3OC)[C@@H](OC)C2)CC1. The molecule has 33 heavy (non-hydrogen) atoms. The first-order valence-electron chi connectivity index (χ1n) is 11.5. The van der Waals surface area contributed by atoms with Crippen molar-refractivity contribution in [1.29, 1.82) is 0 Å². The van der Waals surface area contributed by atoms with Crippen molar-refractivity contribution in [3.63, 3.8) is 0 Å². The van der Waals surface area contributed by atoms with Crippen LogP contribution >= 0.6 is 23.4 Å². The molecular weight excluding hydrogens is 464 g/mol. The molecule has 2 aliphatic rings. The minimum atomic E-state index is -0.253. The number of carbonyl (C=O) groups is 2. The third-order valence-corrected chi connectivity index (χ3v) is 7.60. The maximum atomic E-state index is 13.0. The van der Waals surface area contributed by atoms with E-state index in [1.807, 2.05) is 11.8 Å². The molecule has 0 aromatic heterocycles. The summed E-state index contributed by atoms with van der Waals surface area (Å²) in [6.45, 7) is 6.31. The van der Waals surface area contributed by atoms with E-state index in [0.29, 0.717) is 27.9 Å². The van der Waals surface area contributed by atoms with Gasteiger partial charge in [-0.15, -0.1) is 0 Å². The Morgan fingerprint density at radius 2 is 1.94 bits per heavy atom. The van der Waals surface area contributed by atoms with Crippen LogP contribution in [0.4, 0.5) is 10.5 Å². The molecule has 0 unspecified atom stereocenters. The lowest BCUT2D eigenvalue weighted by Gasteiger charge is -2.41. The van der Waals surface area contributed by atoms with E-state index in [1.165, 1.54) is 24.9 Å². The minimum absolute atomic E-state index is 0.106. The van der Waals surface area contributed by atoms with Crippen LogP contribution in [-0.2, 0) is 4.74 Å². The van der Waals surface area contributed by atoms with Crippen LogP contribution in [0.5, 0.6) is 5.75 Å². The number of hydrogen-bond acceptors (Lipinski definition) is 7. The van der Waals surface area contributed by atoms with E-state index in [1.54, 1.807) is 13.2 Å². The van der Waals surface area contributed by atoms with Gasteiger partial charge >= 0.3 is 0 Å². The number of nitrogens with one attached hydrogen (secondary N) is 1. The van der Waals surface area contributed by atoms with Crippen molar-refractivity contribution in [3.05, 3.63) is 22.7 Å². The molecule has 2 aliphatic heterocycles. The standard InChI is InChI=1S/C23H35ClN4O4S/c1-4-33-23(30)28-9-5-15(6-10-28)13-27-8-7-19(21(14-27)32-3)26-22(29)16-11-17(24)18(25)12-20(16)31-2/h11-12,15,19,21H,4-10,13-14,25H2,1-3H3,(H,26,29)/t19-,21+/m1/s1. The molecule has 0 aliphatic carbocycles. The largest absolute Gasteiger partial charge is 0.496 e. The van der Waals surface area contributed by atoms with Crippen molar-refractivity contribution in [3.8, 4) is 5.75 Å². The van der Waals surface area contributed by atoms with Crippen LogP contribution in [0, 0.1) is 5.92 Å². The number of rotatable bonds is 7. The second-order valence-electron chi connectivity index (χ2n) is 8.61. The van der Waals surface area contributed by atoms with E-state index in [-0.39, 0.29) is 23.3 Å². The zero-order valence-electron chi connectivity index (χ0n) is 19.6. The highest BCUT2D eigenvalue weighted by molar-refractivity contribution is 8.13. The molecule has 3 N–H and O–H groups in total. The summed E-state index contributed by atoms with van der Waals surface area (Å²) in [5.41, 5.74) is 6.56. The zero-order valence-corrected chi connectivity index (χ0v) is 21.2. The summed E-state index contributed by atoms with van der Waals surface area (Å²) in [5.74, 6) is 1.53. The highest BCUT2D eigenvalue weighted by Gasteiger charge is 2.33. The Morgan fingerprint density at radius 1 is 1.21 bits per heavy atom. The Hall–Kier alpha value is -1.68. The normalized spacial score (nSPS) is 22.2. The van der Waals surface area contributed by atoms with Crippen molar-refractivity contribution in [2.75, 3.05) is 58.4 Å². The van der Waals surface area contributed by atoms with Gasteiger partial charge in [0.15, 0.2) is 0 Å². The molecule has 0 radical (unpaired) electrons. The summed E-state index contributed by atoms with van der Waals surface area (Å²) in [5, 5.41) is 3.61. The second kappa shape index (κ2) is 12.1. The molecular formula is C23H35ClN4O4S. The van der Waals surface area contributed by atoms with Gasteiger partial charge in [0.25, 0.3) is 11.1 Å². The second-order valence-corrected chi connectivity index (χ2v) is 10.2. The average Bonchev–Trinajstić information content (AvgIpc) is 2.82. The van der Waals surface area contributed by atoms with Crippen molar-refractivity contribution in [2.45, 2.75) is 38.3 Å². The Bertz CT molecular complexity index is 835. The number of benzene rings is 1. The number of methoxy groups -OCH3 is 2. The number of nitrogen functional groups attached to an aromatic ring is 1. The fourth-order valence-corrected chi connectivity index (χ4v) is 5.37. The Kier molecular flexibility index (Phi) is 9.55. The van der Waals surface area contributed by atoms with E-state index in [9.17, 15) is 9.59 Å². The average molecular weight is 499 g/mol. The molecule has 2 fully saturated rings. The first kappa shape index (κ1) is 25.9. The van der Waals surface area contributed by atoms with Gasteiger partial charge in [-0.1, -0.05) is 30.3 Å². The fourth-order valence-electron chi connectivity index (χ4n) is 4.59. The molecule has 3 rings (SSSR count). The predicted octanol–water partition coefficient (Wildman–Crippen LogP) is 3.34. The van der Waals surface area contributed by atoms with Gasteiger partial charge in [-0.3, -0.25) is 9.59 Å². The Balaban J connectivity index is 1.52. The van der Waals surface area contributed by atoms with E-state index in [0.717, 1.165) is 57.7 Å². The number of thioether (sulfide) groups is 1. The smallest absolute Gasteiger partial charge is 0.281 e. The van der Waals surface area contributed by atoms with E-state index >= 15 is 0 Å². The van der Waals surface area contributed by atoms with Crippen LogP contribution in [0.1, 0.15) is 36.5 Å². The van der Waals surface area contributed by atoms with Crippen molar-refractivity contribution < 1.29 is 19.1 Å². The lowest BCUT2D eigenvalue weighted by molar-refractivity contribution is -0.000473. The number of carbonyl (C=O) groups excluding carboxylic acids is 2. The summed E-state index contributed by atoms with van der Waals surface area (Å²) in [4.78, 5) is 29.4. The molecule has 8 nitrogen and oxygen atoms in total. The number of piperidine rings is 2. The zero-order chi connectivity index (χ0) is 24.0. The van der Waals surface area contributed by atoms with E-state index in [4.69, 9.17) is 26.8 Å². The fraction of sp³-hybridized carbons (Fsp3) is 0.652. The van der Waals surface area contributed by atoms with Gasteiger partial charge in [0.2, 0.25) is 0 Å². The number of ether oxygens (including phenoxy) is 2. The lowest BCUT2D eigenvalue weighted by Crippen LogP contribution is -2.55. The molecule has 10 heteroatoms. The van der Waals surface area contributed by atoms with Crippen molar-refractivity contribution >= 4 is 40.2 Å². The maximum Gasteiger partial charge on any atom is 0.281 e. The summed E-state index contributed by atoms with van der Waals surface area (Å²) in [7, 11) is 3.18. The van der Waals surface area contributed by atoms with Crippen molar-refractivity contribution in [1.82, 2.24) is 15.1 Å². The number of nitrogens with zero attached hydrogens (tertiary/aromatic N) is 2. The van der Waals surface area contributed by atoms with Crippen molar-refractivity contribution in [2.24, 2.45) is 5.92 Å². The molecule has 0 saturated carbocycles. The van der Waals surface area contributed by atoms with Crippen LogP contribution in [0.2, 0.25) is 5.02 Å². The molecule has 2 amide bonds. The topological polar surface area (TPSA) is 97.1 Å². The number of amides is 2. The number of hydrogen-bond donors (Lipinski definition) is 2. The van der Waals surface area contributed by atoms with Gasteiger partial charge in [-0.05, 0) is 37.0 Å². The van der Waals surface area contributed by atoms with Gasteiger partial charge in [0.05, 0.1) is 35.5 Å². The van der Waals surface area contributed by atoms with Crippen LogP contribution in [0.25, 0.3) is 0 Å². The highest BCUT2D eigenvalue weighted by atomic mass is 35.5. The van der Waals surface area contributed by atoms with Gasteiger partial charge in [-0.25, -0.2) is 0 Å². The quantitative estimate of drug-likeness (QED) is 0.556. The van der Waals surface area contributed by atoms with Gasteiger partial charge < -0.3 is 30.3 Å².